The van der Waals surface area contributed by atoms with Crippen LogP contribution >= 0.6 is 0 Å². The van der Waals surface area contributed by atoms with Gasteiger partial charge in [0.25, 0.3) is 0 Å². The molecule has 1 aromatic rings. The van der Waals surface area contributed by atoms with Gasteiger partial charge in [-0.2, -0.15) is 0 Å². The smallest absolute Gasteiger partial charge is 0.408 e. The van der Waals surface area contributed by atoms with E-state index in [0.717, 1.165) is 11.1 Å². The Morgan fingerprint density at radius 2 is 1.67 bits per heavy atom. The first-order valence-electron chi connectivity index (χ1n) is 10.6. The van der Waals surface area contributed by atoms with E-state index in [1.807, 2.05) is 19.9 Å². The molecule has 3 N–H and O–H groups in total. The van der Waals surface area contributed by atoms with E-state index in [4.69, 9.17) is 4.74 Å². The van der Waals surface area contributed by atoms with Crippen LogP contribution in [-0.2, 0) is 23.9 Å². The van der Waals surface area contributed by atoms with Gasteiger partial charge >= 0.3 is 12.1 Å². The largest absolute Gasteiger partial charge is 0.468 e. The van der Waals surface area contributed by atoms with Crippen molar-refractivity contribution in [2.45, 2.75) is 59.2 Å². The molecule has 1 aromatic carbocycles. The van der Waals surface area contributed by atoms with Gasteiger partial charge in [-0.25, -0.2) is 4.79 Å². The maximum atomic E-state index is 13.3. The number of carbonyl (C=O) groups is 4. The Morgan fingerprint density at radius 3 is 2.15 bits per heavy atom. The summed E-state index contributed by atoms with van der Waals surface area (Å²) in [6.45, 7) is 9.26. The van der Waals surface area contributed by atoms with Crippen molar-refractivity contribution < 1.29 is 33.8 Å². The van der Waals surface area contributed by atoms with Crippen LogP contribution < -0.4 is 10.6 Å². The Bertz CT molecular complexity index is 844. The molecule has 0 spiro atoms. The molecule has 184 valence electrons. The van der Waals surface area contributed by atoms with Gasteiger partial charge in [0.15, 0.2) is 0 Å². The second-order valence-corrected chi connectivity index (χ2v) is 8.74. The molecule has 0 saturated heterocycles. The zero-order chi connectivity index (χ0) is 25.3. The highest BCUT2D eigenvalue weighted by Crippen LogP contribution is 2.24. The van der Waals surface area contributed by atoms with Crippen LogP contribution in [0.3, 0.4) is 0 Å². The third-order valence-electron chi connectivity index (χ3n) is 4.48. The molecule has 2 atom stereocenters. The molecule has 0 aromatic heterocycles. The van der Waals surface area contributed by atoms with Crippen LogP contribution in [0.15, 0.2) is 18.2 Å². The number of esters is 1. The van der Waals surface area contributed by atoms with Crippen LogP contribution in [-0.4, -0.2) is 72.3 Å². The predicted molar refractivity (Wildman–Crippen MR) is 121 cm³/mol. The van der Waals surface area contributed by atoms with Crippen LogP contribution in [0, 0.1) is 13.8 Å². The number of alkyl carbamates (subject to hydrolysis) is 1. The van der Waals surface area contributed by atoms with E-state index in [1.54, 1.807) is 32.9 Å². The molecule has 0 heterocycles. The van der Waals surface area contributed by atoms with Crippen molar-refractivity contribution in [2.75, 3.05) is 26.8 Å². The minimum Gasteiger partial charge on any atom is -0.468 e. The topological polar surface area (TPSA) is 134 Å². The fourth-order valence-electron chi connectivity index (χ4n) is 3.24. The van der Waals surface area contributed by atoms with Crippen LogP contribution in [0.25, 0.3) is 0 Å². The number of ether oxygens (including phenoxy) is 2. The molecule has 0 aliphatic rings. The molecular weight excluding hydrogens is 430 g/mol. The fourth-order valence-corrected chi connectivity index (χ4v) is 3.24. The summed E-state index contributed by atoms with van der Waals surface area (Å²) in [5.74, 6) is -1.88. The molecule has 0 bridgehead atoms. The third-order valence-corrected chi connectivity index (χ3v) is 4.48. The number of nitrogens with one attached hydrogen (secondary N) is 2. The average molecular weight is 466 g/mol. The van der Waals surface area contributed by atoms with Crippen molar-refractivity contribution in [1.82, 2.24) is 15.5 Å². The summed E-state index contributed by atoms with van der Waals surface area (Å²) in [7, 11) is 1.20. The van der Waals surface area contributed by atoms with Gasteiger partial charge in [-0.1, -0.05) is 29.3 Å². The predicted octanol–water partition coefficient (Wildman–Crippen LogP) is 1.37. The van der Waals surface area contributed by atoms with Gasteiger partial charge in [-0.15, -0.1) is 0 Å². The summed E-state index contributed by atoms with van der Waals surface area (Å²) < 4.78 is 9.76. The van der Waals surface area contributed by atoms with Crippen molar-refractivity contribution in [1.29, 1.82) is 0 Å². The number of rotatable bonds is 9. The maximum absolute atomic E-state index is 13.3. The standard InChI is InChI=1S/C23H35N3O7/c1-14-10-15(2)12-17(11-14)19(20(29)24-13-18(28)32-7)26(8-9-27)21(30)16(3)25-22(31)33-23(4,5)6/h10-12,16,19,27H,8-9,13H2,1-7H3,(H,24,29)(H,25,31). The minimum atomic E-state index is -1.16. The summed E-state index contributed by atoms with van der Waals surface area (Å²) in [5, 5.41) is 14.6. The Labute approximate surface area is 194 Å². The second-order valence-electron chi connectivity index (χ2n) is 8.74. The lowest BCUT2D eigenvalue weighted by molar-refractivity contribution is -0.145. The first-order chi connectivity index (χ1) is 15.3. The number of aliphatic hydroxyl groups is 1. The molecule has 0 aliphatic heterocycles. The molecule has 0 aliphatic carbocycles. The molecule has 10 nitrogen and oxygen atoms in total. The van der Waals surface area contributed by atoms with Gasteiger partial charge in [-0.3, -0.25) is 14.4 Å². The Morgan fingerprint density at radius 1 is 1.09 bits per heavy atom. The summed E-state index contributed by atoms with van der Waals surface area (Å²) in [4.78, 5) is 51.3. The number of amides is 3. The van der Waals surface area contributed by atoms with E-state index in [1.165, 1.54) is 18.9 Å². The van der Waals surface area contributed by atoms with Crippen LogP contribution in [0.2, 0.25) is 0 Å². The average Bonchev–Trinajstić information content (AvgIpc) is 2.68. The maximum Gasteiger partial charge on any atom is 0.408 e. The molecule has 0 saturated carbocycles. The highest BCUT2D eigenvalue weighted by Gasteiger charge is 2.34. The molecule has 10 heteroatoms. The molecule has 0 fully saturated rings. The molecule has 1 rings (SSSR count). The van der Waals surface area contributed by atoms with Gasteiger partial charge in [0.1, 0.15) is 24.2 Å². The third kappa shape index (κ3) is 9.09. The van der Waals surface area contributed by atoms with Crippen molar-refractivity contribution in [3.05, 3.63) is 34.9 Å². The molecule has 0 radical (unpaired) electrons. The molecular formula is C23H35N3O7. The van der Waals surface area contributed by atoms with E-state index < -0.39 is 48.2 Å². The Kier molecular flexibility index (Phi) is 10.3. The van der Waals surface area contributed by atoms with Crippen molar-refractivity contribution in [3.63, 3.8) is 0 Å². The summed E-state index contributed by atoms with van der Waals surface area (Å²) >= 11 is 0. The van der Waals surface area contributed by atoms with Crippen molar-refractivity contribution >= 4 is 23.9 Å². The van der Waals surface area contributed by atoms with Crippen molar-refractivity contribution in [3.8, 4) is 0 Å². The minimum absolute atomic E-state index is 0.178. The van der Waals surface area contributed by atoms with Gasteiger partial charge in [0.05, 0.1) is 13.7 Å². The lowest BCUT2D eigenvalue weighted by Gasteiger charge is -2.33. The number of aryl methyl sites for hydroxylation is 2. The zero-order valence-electron chi connectivity index (χ0n) is 20.4. The number of aliphatic hydroxyl groups excluding tert-OH is 1. The fraction of sp³-hybridized carbons (Fsp3) is 0.565. The quantitative estimate of drug-likeness (QED) is 0.469. The van der Waals surface area contributed by atoms with Crippen molar-refractivity contribution in [2.24, 2.45) is 0 Å². The number of hydrogen-bond donors (Lipinski definition) is 3. The van der Waals surface area contributed by atoms with E-state index in [0.29, 0.717) is 5.56 Å². The van der Waals surface area contributed by atoms with E-state index >= 15 is 0 Å². The number of benzene rings is 1. The second kappa shape index (κ2) is 12.2. The molecule has 2 unspecified atom stereocenters. The SMILES string of the molecule is COC(=O)CNC(=O)C(c1cc(C)cc(C)c1)N(CCO)C(=O)C(C)NC(=O)OC(C)(C)C. The first-order valence-corrected chi connectivity index (χ1v) is 10.6. The first kappa shape index (κ1) is 27.9. The van der Waals surface area contributed by atoms with Gasteiger partial charge < -0.3 is 30.1 Å². The zero-order valence-corrected chi connectivity index (χ0v) is 20.4. The number of methoxy groups -OCH3 is 1. The number of hydrogen-bond acceptors (Lipinski definition) is 7. The van der Waals surface area contributed by atoms with E-state index in [2.05, 4.69) is 15.4 Å². The highest BCUT2D eigenvalue weighted by molar-refractivity contribution is 5.93. The summed E-state index contributed by atoms with van der Waals surface area (Å²) in [6, 6.07) is 3.21. The Balaban J connectivity index is 3.30. The number of nitrogens with zero attached hydrogens (tertiary/aromatic N) is 1. The summed E-state index contributed by atoms with van der Waals surface area (Å²) in [5.41, 5.74) is 1.48. The van der Waals surface area contributed by atoms with Crippen LogP contribution in [0.5, 0.6) is 0 Å². The molecule has 3 amide bonds. The molecule has 33 heavy (non-hydrogen) atoms. The lowest BCUT2D eigenvalue weighted by atomic mass is 9.98. The lowest BCUT2D eigenvalue weighted by Crippen LogP contribution is -2.53. The van der Waals surface area contributed by atoms with Gasteiger partial charge in [0, 0.05) is 6.54 Å². The summed E-state index contributed by atoms with van der Waals surface area (Å²) in [6.07, 6.45) is -0.787. The normalized spacial score (nSPS) is 12.8. The van der Waals surface area contributed by atoms with Gasteiger partial charge in [0.2, 0.25) is 11.8 Å². The van der Waals surface area contributed by atoms with Crippen LogP contribution in [0.4, 0.5) is 4.79 Å². The number of carbonyl (C=O) groups excluding carboxylic acids is 4. The van der Waals surface area contributed by atoms with Crippen LogP contribution in [0.1, 0.15) is 50.4 Å². The monoisotopic (exact) mass is 465 g/mol. The van der Waals surface area contributed by atoms with E-state index in [9.17, 15) is 24.3 Å². The van der Waals surface area contributed by atoms with E-state index in [-0.39, 0.29) is 13.1 Å². The highest BCUT2D eigenvalue weighted by atomic mass is 16.6. The Hall–Kier alpha value is -3.14. The van der Waals surface area contributed by atoms with Gasteiger partial charge in [-0.05, 0) is 47.1 Å².